The number of carbonyl (C=O) groups excluding carboxylic acids is 3. The van der Waals surface area contributed by atoms with Gasteiger partial charge < -0.3 is 20.1 Å². The van der Waals surface area contributed by atoms with E-state index in [0.717, 1.165) is 17.0 Å². The molecule has 0 spiro atoms. The summed E-state index contributed by atoms with van der Waals surface area (Å²) < 4.78 is 38.9. The SMILES string of the molecule is CN(CC(=O)N1CC(C(=O)Nc2ccccc2)CC1C#N)C(=O)c1cc2ccc(C(F)(F)F)cc2[nH]1. The molecule has 2 atom stereocenters. The van der Waals surface area contributed by atoms with Crippen molar-refractivity contribution in [3.8, 4) is 6.07 Å². The van der Waals surface area contributed by atoms with Gasteiger partial charge in [0.05, 0.1) is 24.1 Å². The van der Waals surface area contributed by atoms with E-state index >= 15 is 0 Å². The van der Waals surface area contributed by atoms with E-state index < -0.39 is 35.5 Å². The number of rotatable bonds is 5. The maximum atomic E-state index is 13.0. The summed E-state index contributed by atoms with van der Waals surface area (Å²) in [5.41, 5.74) is -0.0733. The number of aromatic nitrogens is 1. The van der Waals surface area contributed by atoms with Crippen LogP contribution in [0.25, 0.3) is 10.9 Å². The van der Waals surface area contributed by atoms with Gasteiger partial charge in [-0.25, -0.2) is 0 Å². The van der Waals surface area contributed by atoms with Crippen LogP contribution in [0.1, 0.15) is 22.5 Å². The predicted molar refractivity (Wildman–Crippen MR) is 125 cm³/mol. The lowest BCUT2D eigenvalue weighted by atomic mass is 10.1. The monoisotopic (exact) mass is 497 g/mol. The van der Waals surface area contributed by atoms with Gasteiger partial charge in [0.15, 0.2) is 0 Å². The van der Waals surface area contributed by atoms with Crippen molar-refractivity contribution in [3.05, 3.63) is 65.9 Å². The minimum atomic E-state index is -4.52. The van der Waals surface area contributed by atoms with Crippen molar-refractivity contribution in [3.63, 3.8) is 0 Å². The predicted octanol–water partition coefficient (Wildman–Crippen LogP) is 3.64. The van der Waals surface area contributed by atoms with Crippen LogP contribution in [0.5, 0.6) is 0 Å². The molecule has 186 valence electrons. The Bertz CT molecular complexity index is 1350. The number of benzene rings is 2. The van der Waals surface area contributed by atoms with Crippen LogP contribution < -0.4 is 5.32 Å². The molecule has 8 nitrogen and oxygen atoms in total. The molecule has 1 saturated heterocycles. The summed E-state index contributed by atoms with van der Waals surface area (Å²) in [6, 6.07) is 14.5. The summed E-state index contributed by atoms with van der Waals surface area (Å²) >= 11 is 0. The first-order valence-corrected chi connectivity index (χ1v) is 11.1. The zero-order chi connectivity index (χ0) is 26.0. The van der Waals surface area contributed by atoms with E-state index in [4.69, 9.17) is 0 Å². The topological polar surface area (TPSA) is 109 Å². The van der Waals surface area contributed by atoms with Gasteiger partial charge in [-0.1, -0.05) is 24.3 Å². The molecule has 4 rings (SSSR count). The normalized spacial score (nSPS) is 17.6. The van der Waals surface area contributed by atoms with Gasteiger partial charge in [0.2, 0.25) is 11.8 Å². The van der Waals surface area contributed by atoms with E-state index in [0.29, 0.717) is 11.1 Å². The largest absolute Gasteiger partial charge is 0.416 e. The number of likely N-dealkylation sites (N-methyl/N-ethyl adjacent to an activating group) is 1. The number of alkyl halides is 3. The summed E-state index contributed by atoms with van der Waals surface area (Å²) in [7, 11) is 1.38. The molecular weight excluding hydrogens is 475 g/mol. The maximum Gasteiger partial charge on any atom is 0.416 e. The Morgan fingerprint density at radius 1 is 1.17 bits per heavy atom. The van der Waals surface area contributed by atoms with Gasteiger partial charge >= 0.3 is 6.18 Å². The molecule has 2 unspecified atom stereocenters. The lowest BCUT2D eigenvalue weighted by Crippen LogP contribution is -2.43. The number of likely N-dealkylation sites (tertiary alicyclic amines) is 1. The highest BCUT2D eigenvalue weighted by Gasteiger charge is 2.39. The second-order valence-electron chi connectivity index (χ2n) is 8.62. The van der Waals surface area contributed by atoms with Crippen molar-refractivity contribution < 1.29 is 27.6 Å². The molecule has 36 heavy (non-hydrogen) atoms. The van der Waals surface area contributed by atoms with Crippen molar-refractivity contribution in [1.29, 1.82) is 5.26 Å². The Hall–Kier alpha value is -4.33. The molecule has 1 fully saturated rings. The van der Waals surface area contributed by atoms with Gasteiger partial charge in [-0.15, -0.1) is 0 Å². The number of aromatic amines is 1. The first-order valence-electron chi connectivity index (χ1n) is 11.1. The lowest BCUT2D eigenvalue weighted by molar-refractivity contribution is -0.137. The molecule has 0 radical (unpaired) electrons. The maximum absolute atomic E-state index is 13.0. The molecule has 1 aromatic heterocycles. The van der Waals surface area contributed by atoms with Gasteiger partial charge in [0, 0.05) is 30.2 Å². The molecular formula is C25H22F3N5O3. The number of nitrogens with one attached hydrogen (secondary N) is 2. The number of nitrogens with zero attached hydrogens (tertiary/aromatic N) is 3. The van der Waals surface area contributed by atoms with Gasteiger partial charge in [0.25, 0.3) is 5.91 Å². The number of hydrogen-bond acceptors (Lipinski definition) is 4. The second kappa shape index (κ2) is 9.73. The number of H-pyrrole nitrogens is 1. The number of carbonyl (C=O) groups is 3. The zero-order valence-corrected chi connectivity index (χ0v) is 19.2. The highest BCUT2D eigenvalue weighted by Crippen LogP contribution is 2.31. The number of halogens is 3. The fraction of sp³-hybridized carbons (Fsp3) is 0.280. The minimum Gasteiger partial charge on any atom is -0.351 e. The molecule has 0 bridgehead atoms. The number of nitriles is 1. The summed E-state index contributed by atoms with van der Waals surface area (Å²) in [5, 5.41) is 12.7. The van der Waals surface area contributed by atoms with Gasteiger partial charge in [-0.05, 0) is 36.8 Å². The van der Waals surface area contributed by atoms with Crippen molar-refractivity contribution in [2.45, 2.75) is 18.6 Å². The van der Waals surface area contributed by atoms with Crippen LogP contribution >= 0.6 is 0 Å². The average molecular weight is 497 g/mol. The van der Waals surface area contributed by atoms with E-state index in [1.54, 1.807) is 24.3 Å². The van der Waals surface area contributed by atoms with Gasteiger partial charge in [-0.2, -0.15) is 18.4 Å². The van der Waals surface area contributed by atoms with Crippen molar-refractivity contribution >= 4 is 34.3 Å². The third kappa shape index (κ3) is 5.17. The average Bonchev–Trinajstić information content (AvgIpc) is 3.47. The number of amides is 3. The van der Waals surface area contributed by atoms with E-state index in [2.05, 4.69) is 10.3 Å². The summed E-state index contributed by atoms with van der Waals surface area (Å²) in [4.78, 5) is 43.5. The highest BCUT2D eigenvalue weighted by molar-refractivity contribution is 6.00. The fourth-order valence-corrected chi connectivity index (χ4v) is 4.18. The highest BCUT2D eigenvalue weighted by atomic mass is 19.4. The van der Waals surface area contributed by atoms with Crippen LogP contribution in [0.4, 0.5) is 18.9 Å². The lowest BCUT2D eigenvalue weighted by Gasteiger charge is -2.23. The second-order valence-corrected chi connectivity index (χ2v) is 8.62. The fourth-order valence-electron chi connectivity index (χ4n) is 4.18. The van der Waals surface area contributed by atoms with Crippen LogP contribution in [0.3, 0.4) is 0 Å². The van der Waals surface area contributed by atoms with E-state index in [-0.39, 0.29) is 36.6 Å². The number of anilines is 1. The van der Waals surface area contributed by atoms with Crippen LogP contribution in [-0.4, -0.2) is 58.7 Å². The number of fused-ring (bicyclic) bond motifs is 1. The van der Waals surface area contributed by atoms with Crippen LogP contribution in [0, 0.1) is 17.2 Å². The minimum absolute atomic E-state index is 0.0259. The molecule has 3 amide bonds. The first-order chi connectivity index (χ1) is 17.1. The van der Waals surface area contributed by atoms with Gasteiger partial charge in [0.1, 0.15) is 11.7 Å². The molecule has 1 aliphatic rings. The Morgan fingerprint density at radius 2 is 1.89 bits per heavy atom. The zero-order valence-electron chi connectivity index (χ0n) is 19.2. The van der Waals surface area contributed by atoms with Crippen molar-refractivity contribution in [1.82, 2.24) is 14.8 Å². The Labute approximate surface area is 204 Å². The number of para-hydroxylation sites is 1. The quantitative estimate of drug-likeness (QED) is 0.561. The summed E-state index contributed by atoms with van der Waals surface area (Å²) in [6.07, 6.45) is -4.35. The Kier molecular flexibility index (Phi) is 6.70. The molecule has 2 N–H and O–H groups in total. The summed E-state index contributed by atoms with van der Waals surface area (Å²) in [5.74, 6) is -2.00. The third-order valence-electron chi connectivity index (χ3n) is 6.08. The standard InChI is InChI=1S/C25H22F3N5O3/c1-32(24(36)21-10-15-7-8-17(25(26,27)28)11-20(15)31-21)14-22(34)33-13-16(9-19(33)12-29)23(35)30-18-5-3-2-4-6-18/h2-8,10-11,16,19,31H,9,13-14H2,1H3,(H,30,35). The molecule has 1 aliphatic heterocycles. The van der Waals surface area contributed by atoms with Gasteiger partial charge in [-0.3, -0.25) is 14.4 Å². The number of hydrogen-bond donors (Lipinski definition) is 2. The molecule has 2 aromatic carbocycles. The van der Waals surface area contributed by atoms with E-state index in [9.17, 15) is 32.8 Å². The molecule has 3 aromatic rings. The molecule has 0 saturated carbocycles. The molecule has 0 aliphatic carbocycles. The van der Waals surface area contributed by atoms with Crippen molar-refractivity contribution in [2.75, 3.05) is 25.5 Å². The Morgan fingerprint density at radius 3 is 2.56 bits per heavy atom. The summed E-state index contributed by atoms with van der Waals surface area (Å²) in [6.45, 7) is -0.336. The Balaban J connectivity index is 1.41. The molecule has 2 heterocycles. The third-order valence-corrected chi connectivity index (χ3v) is 6.08. The van der Waals surface area contributed by atoms with Crippen LogP contribution in [0.15, 0.2) is 54.6 Å². The first kappa shape index (κ1) is 24.8. The van der Waals surface area contributed by atoms with Crippen LogP contribution in [0.2, 0.25) is 0 Å². The van der Waals surface area contributed by atoms with E-state index in [1.807, 2.05) is 12.1 Å². The molecule has 11 heteroatoms. The van der Waals surface area contributed by atoms with E-state index in [1.165, 1.54) is 24.1 Å². The van der Waals surface area contributed by atoms with Crippen molar-refractivity contribution in [2.24, 2.45) is 5.92 Å². The van der Waals surface area contributed by atoms with Crippen LogP contribution in [-0.2, 0) is 15.8 Å². The smallest absolute Gasteiger partial charge is 0.351 e.